The lowest BCUT2D eigenvalue weighted by Gasteiger charge is -2.13. The number of hydrogen-bond acceptors (Lipinski definition) is 1. The molecule has 0 aliphatic carbocycles. The molecule has 0 aromatic heterocycles. The molecule has 0 amide bonds. The molecule has 0 aromatic rings. The summed E-state index contributed by atoms with van der Waals surface area (Å²) in [6, 6.07) is 0. The molecule has 0 radical (unpaired) electrons. The molecule has 11 heavy (non-hydrogen) atoms. The molecule has 0 heterocycles. The molecule has 1 atom stereocenters. The van der Waals surface area contributed by atoms with Gasteiger partial charge in [-0.25, -0.2) is 0 Å². The van der Waals surface area contributed by atoms with Crippen LogP contribution in [0.15, 0.2) is 0 Å². The molecule has 0 fully saturated rings. The smallest absolute Gasteiger partial charge is 0.303 e. The van der Waals surface area contributed by atoms with Gasteiger partial charge in [-0.3, -0.25) is 4.79 Å². The van der Waals surface area contributed by atoms with Gasteiger partial charge in [0.1, 0.15) is 0 Å². The number of rotatable bonds is 5. The van der Waals surface area contributed by atoms with Crippen molar-refractivity contribution in [2.75, 3.05) is 4.43 Å². The van der Waals surface area contributed by atoms with Crippen LogP contribution in [0.25, 0.3) is 0 Å². The van der Waals surface area contributed by atoms with E-state index in [1.165, 1.54) is 0 Å². The summed E-state index contributed by atoms with van der Waals surface area (Å²) >= 11 is 2.25. The molecule has 0 saturated heterocycles. The molecular weight excluding hydrogens is 255 g/mol. The highest BCUT2D eigenvalue weighted by atomic mass is 127. The first-order valence-electron chi connectivity index (χ1n) is 3.84. The maximum atomic E-state index is 10.3. The Morgan fingerprint density at radius 3 is 2.36 bits per heavy atom. The number of aliphatic carboxylic acids is 1. The summed E-state index contributed by atoms with van der Waals surface area (Å²) in [6.45, 7) is 4.25. The van der Waals surface area contributed by atoms with Gasteiger partial charge in [-0.05, 0) is 18.3 Å². The second-order valence-corrected chi connectivity index (χ2v) is 4.13. The minimum absolute atomic E-state index is 0.321. The van der Waals surface area contributed by atoms with Gasteiger partial charge < -0.3 is 5.11 Å². The monoisotopic (exact) mass is 270 g/mol. The zero-order chi connectivity index (χ0) is 8.85. The van der Waals surface area contributed by atoms with Crippen LogP contribution in [0, 0.1) is 11.8 Å². The largest absolute Gasteiger partial charge is 0.481 e. The number of carbonyl (C=O) groups is 1. The van der Waals surface area contributed by atoms with E-state index in [9.17, 15) is 4.79 Å². The second kappa shape index (κ2) is 5.80. The summed E-state index contributed by atoms with van der Waals surface area (Å²) in [5.74, 6) is 0.287. The van der Waals surface area contributed by atoms with Crippen LogP contribution in [0.1, 0.15) is 26.7 Å². The standard InChI is InChI=1S/C8H15IO2/c1-6(2)3-7(5-9)4-8(10)11/h6-7H,3-5H2,1-2H3,(H,10,11)/t7-/m0/s1. The fourth-order valence-electron chi connectivity index (χ4n) is 1.11. The number of carboxylic acid groups (broad SMARTS) is 1. The summed E-state index contributed by atoms with van der Waals surface area (Å²) in [7, 11) is 0. The first-order chi connectivity index (χ1) is 5.06. The highest BCUT2D eigenvalue weighted by molar-refractivity contribution is 14.1. The van der Waals surface area contributed by atoms with E-state index in [0.717, 1.165) is 10.8 Å². The van der Waals surface area contributed by atoms with Gasteiger partial charge in [0.15, 0.2) is 0 Å². The molecule has 0 aromatic carbocycles. The van der Waals surface area contributed by atoms with Crippen molar-refractivity contribution in [2.45, 2.75) is 26.7 Å². The molecule has 1 N–H and O–H groups in total. The van der Waals surface area contributed by atoms with Crippen molar-refractivity contribution in [2.24, 2.45) is 11.8 Å². The van der Waals surface area contributed by atoms with Crippen LogP contribution >= 0.6 is 22.6 Å². The van der Waals surface area contributed by atoms with E-state index in [2.05, 4.69) is 36.4 Å². The molecule has 0 bridgehead atoms. The lowest BCUT2D eigenvalue weighted by molar-refractivity contribution is -0.138. The number of carboxylic acids is 1. The van der Waals surface area contributed by atoms with Crippen molar-refractivity contribution in [3.05, 3.63) is 0 Å². The number of halogens is 1. The van der Waals surface area contributed by atoms with Gasteiger partial charge in [-0.2, -0.15) is 0 Å². The highest BCUT2D eigenvalue weighted by Gasteiger charge is 2.12. The predicted molar refractivity (Wildman–Crippen MR) is 54.1 cm³/mol. The Morgan fingerprint density at radius 1 is 1.55 bits per heavy atom. The van der Waals surface area contributed by atoms with Crippen molar-refractivity contribution < 1.29 is 9.90 Å². The number of hydrogen-bond donors (Lipinski definition) is 1. The third kappa shape index (κ3) is 6.59. The maximum absolute atomic E-state index is 10.3. The van der Waals surface area contributed by atoms with Crippen LogP contribution in [-0.4, -0.2) is 15.5 Å². The van der Waals surface area contributed by atoms with Crippen molar-refractivity contribution >= 4 is 28.6 Å². The third-order valence-electron chi connectivity index (χ3n) is 1.49. The van der Waals surface area contributed by atoms with E-state index >= 15 is 0 Å². The van der Waals surface area contributed by atoms with Crippen LogP contribution in [-0.2, 0) is 4.79 Å². The number of alkyl halides is 1. The average molecular weight is 270 g/mol. The van der Waals surface area contributed by atoms with Crippen molar-refractivity contribution in [1.29, 1.82) is 0 Å². The third-order valence-corrected chi connectivity index (χ3v) is 2.73. The van der Waals surface area contributed by atoms with Crippen LogP contribution in [0.4, 0.5) is 0 Å². The normalized spacial score (nSPS) is 13.5. The topological polar surface area (TPSA) is 37.3 Å². The van der Waals surface area contributed by atoms with E-state index in [4.69, 9.17) is 5.11 Å². The summed E-state index contributed by atoms with van der Waals surface area (Å²) in [5, 5.41) is 8.52. The Hall–Kier alpha value is 0.200. The Labute approximate surface area is 81.5 Å². The molecule has 0 spiro atoms. The quantitative estimate of drug-likeness (QED) is 0.615. The Morgan fingerprint density at radius 2 is 2.09 bits per heavy atom. The van der Waals surface area contributed by atoms with Gasteiger partial charge in [0.05, 0.1) is 0 Å². The molecule has 0 unspecified atom stereocenters. The van der Waals surface area contributed by atoms with Gasteiger partial charge >= 0.3 is 5.97 Å². The van der Waals surface area contributed by atoms with Crippen LogP contribution in [0.5, 0.6) is 0 Å². The molecular formula is C8H15IO2. The van der Waals surface area contributed by atoms with Gasteiger partial charge in [-0.15, -0.1) is 0 Å². The zero-order valence-corrected chi connectivity index (χ0v) is 9.17. The first kappa shape index (κ1) is 11.2. The first-order valence-corrected chi connectivity index (χ1v) is 5.36. The Balaban J connectivity index is 3.66. The van der Waals surface area contributed by atoms with Gasteiger partial charge in [0, 0.05) is 10.8 Å². The average Bonchev–Trinajstić information content (AvgIpc) is 1.84. The van der Waals surface area contributed by atoms with Gasteiger partial charge in [0.25, 0.3) is 0 Å². The van der Waals surface area contributed by atoms with Crippen LogP contribution in [0.3, 0.4) is 0 Å². The fourth-order valence-corrected chi connectivity index (χ4v) is 1.79. The van der Waals surface area contributed by atoms with Gasteiger partial charge in [0.2, 0.25) is 0 Å². The zero-order valence-electron chi connectivity index (χ0n) is 7.01. The minimum Gasteiger partial charge on any atom is -0.481 e. The van der Waals surface area contributed by atoms with Gasteiger partial charge in [-0.1, -0.05) is 36.4 Å². The molecule has 3 heteroatoms. The maximum Gasteiger partial charge on any atom is 0.303 e. The Kier molecular flexibility index (Phi) is 5.91. The summed E-state index contributed by atoms with van der Waals surface area (Å²) in [4.78, 5) is 10.3. The minimum atomic E-state index is -0.674. The van der Waals surface area contributed by atoms with E-state index < -0.39 is 5.97 Å². The predicted octanol–water partition coefficient (Wildman–Crippen LogP) is 2.56. The summed E-state index contributed by atoms with van der Waals surface area (Å²) in [5.41, 5.74) is 0. The van der Waals surface area contributed by atoms with E-state index in [1.807, 2.05) is 0 Å². The van der Waals surface area contributed by atoms with Crippen molar-refractivity contribution in [3.63, 3.8) is 0 Å². The fraction of sp³-hybridized carbons (Fsp3) is 0.875. The van der Waals surface area contributed by atoms with Crippen LogP contribution in [0.2, 0.25) is 0 Å². The Bertz CT molecular complexity index is 123. The molecule has 0 aliphatic rings. The van der Waals surface area contributed by atoms with E-state index in [1.54, 1.807) is 0 Å². The van der Waals surface area contributed by atoms with Crippen molar-refractivity contribution in [3.8, 4) is 0 Å². The molecule has 0 saturated carbocycles. The molecule has 66 valence electrons. The SMILES string of the molecule is CC(C)C[C@H](CI)CC(=O)O. The molecule has 0 rings (SSSR count). The highest BCUT2D eigenvalue weighted by Crippen LogP contribution is 2.17. The van der Waals surface area contributed by atoms with E-state index in [-0.39, 0.29) is 0 Å². The van der Waals surface area contributed by atoms with Crippen molar-refractivity contribution in [1.82, 2.24) is 0 Å². The molecule has 2 nitrogen and oxygen atoms in total. The lowest BCUT2D eigenvalue weighted by atomic mass is 9.96. The molecule has 0 aliphatic heterocycles. The van der Waals surface area contributed by atoms with E-state index in [0.29, 0.717) is 18.3 Å². The second-order valence-electron chi connectivity index (χ2n) is 3.25. The lowest BCUT2D eigenvalue weighted by Crippen LogP contribution is -2.11. The van der Waals surface area contributed by atoms with Crippen LogP contribution < -0.4 is 0 Å². The summed E-state index contributed by atoms with van der Waals surface area (Å²) < 4.78 is 0.947. The summed E-state index contributed by atoms with van der Waals surface area (Å²) in [6.07, 6.45) is 1.34.